The minimum Gasteiger partial charge on any atom is -0.491 e. The molecule has 0 spiro atoms. The van der Waals surface area contributed by atoms with Gasteiger partial charge in [0.15, 0.2) is 5.76 Å². The Morgan fingerprint density at radius 2 is 2.00 bits per heavy atom. The maximum Gasteiger partial charge on any atom is 0.291 e. The second-order valence-corrected chi connectivity index (χ2v) is 7.41. The first-order valence-corrected chi connectivity index (χ1v) is 10.5. The lowest BCUT2D eigenvalue weighted by molar-refractivity contribution is 0.0998. The summed E-state index contributed by atoms with van der Waals surface area (Å²) in [6.07, 6.45) is 4.72. The number of nitrogens with one attached hydrogen (secondary N) is 1. The Morgan fingerprint density at radius 1 is 1.13 bits per heavy atom. The predicted molar refractivity (Wildman–Crippen MR) is 120 cm³/mol. The second kappa shape index (κ2) is 8.57. The van der Waals surface area contributed by atoms with Gasteiger partial charge in [-0.1, -0.05) is 26.3 Å². The van der Waals surface area contributed by atoms with Crippen molar-refractivity contribution in [3.8, 4) is 5.75 Å². The van der Waals surface area contributed by atoms with Crippen LogP contribution in [-0.2, 0) is 6.42 Å². The quantitative estimate of drug-likeness (QED) is 0.369. The van der Waals surface area contributed by atoms with E-state index >= 15 is 0 Å². The molecular formula is C25H26N2O3. The number of hydrogen-bond donors (Lipinski definition) is 1. The van der Waals surface area contributed by atoms with Crippen LogP contribution in [-0.4, -0.2) is 17.5 Å². The molecule has 4 rings (SSSR count). The molecule has 1 amide bonds. The molecule has 0 atom stereocenters. The van der Waals surface area contributed by atoms with Crippen molar-refractivity contribution in [1.29, 1.82) is 0 Å². The zero-order chi connectivity index (χ0) is 21.1. The maximum absolute atomic E-state index is 13.0. The molecule has 0 saturated carbocycles. The van der Waals surface area contributed by atoms with E-state index in [0.29, 0.717) is 18.1 Å². The Hall–Kier alpha value is -3.34. The Kier molecular flexibility index (Phi) is 5.70. The van der Waals surface area contributed by atoms with Crippen LogP contribution in [0.15, 0.2) is 53.1 Å². The summed E-state index contributed by atoms with van der Waals surface area (Å²) in [5, 5.41) is 4.81. The molecule has 2 heterocycles. The fourth-order valence-electron chi connectivity index (χ4n) is 3.58. The first-order valence-electron chi connectivity index (χ1n) is 10.5. The molecule has 5 nitrogen and oxygen atoms in total. The smallest absolute Gasteiger partial charge is 0.291 e. The third kappa shape index (κ3) is 3.75. The molecule has 0 radical (unpaired) electrons. The van der Waals surface area contributed by atoms with Gasteiger partial charge in [0.2, 0.25) is 0 Å². The van der Waals surface area contributed by atoms with Crippen molar-refractivity contribution in [1.82, 2.24) is 4.98 Å². The number of aromatic nitrogens is 1. The van der Waals surface area contributed by atoms with E-state index in [0.717, 1.165) is 52.4 Å². The highest BCUT2D eigenvalue weighted by Crippen LogP contribution is 2.32. The third-order valence-corrected chi connectivity index (χ3v) is 5.35. The van der Waals surface area contributed by atoms with E-state index in [4.69, 9.17) is 9.15 Å². The molecule has 2 aromatic heterocycles. The monoisotopic (exact) mass is 402 g/mol. The van der Waals surface area contributed by atoms with Crippen molar-refractivity contribution >= 4 is 33.5 Å². The van der Waals surface area contributed by atoms with Gasteiger partial charge in [-0.05, 0) is 61.7 Å². The van der Waals surface area contributed by atoms with Crippen molar-refractivity contribution in [2.45, 2.75) is 40.0 Å². The number of fused-ring (bicyclic) bond motifs is 2. The molecule has 0 aliphatic heterocycles. The molecule has 5 heteroatoms. The molecule has 0 saturated heterocycles. The van der Waals surface area contributed by atoms with Gasteiger partial charge in [0.25, 0.3) is 5.91 Å². The molecule has 0 unspecified atom stereocenters. The lowest BCUT2D eigenvalue weighted by Crippen LogP contribution is -2.12. The van der Waals surface area contributed by atoms with Crippen LogP contribution in [0.3, 0.4) is 0 Å². The summed E-state index contributed by atoms with van der Waals surface area (Å²) in [6, 6.07) is 13.6. The highest BCUT2D eigenvalue weighted by molar-refractivity contribution is 6.10. The van der Waals surface area contributed by atoms with E-state index in [1.54, 1.807) is 6.20 Å². The van der Waals surface area contributed by atoms with Gasteiger partial charge in [-0.2, -0.15) is 0 Å². The summed E-state index contributed by atoms with van der Waals surface area (Å²) in [7, 11) is 0. The number of ether oxygens (including phenoxy) is 1. The molecule has 0 fully saturated rings. The highest BCUT2D eigenvalue weighted by Gasteiger charge is 2.19. The third-order valence-electron chi connectivity index (χ3n) is 5.35. The number of carbonyl (C=O) groups excluding carboxylic acids is 1. The number of hydrogen-bond acceptors (Lipinski definition) is 4. The Labute approximate surface area is 176 Å². The first-order chi connectivity index (χ1) is 14.6. The van der Waals surface area contributed by atoms with Crippen molar-refractivity contribution in [2.75, 3.05) is 11.9 Å². The van der Waals surface area contributed by atoms with E-state index < -0.39 is 0 Å². The largest absolute Gasteiger partial charge is 0.491 e. The number of unbranched alkanes of at least 4 members (excludes halogenated alkanes) is 1. The summed E-state index contributed by atoms with van der Waals surface area (Å²) in [6.45, 7) is 6.80. The molecule has 1 N–H and O–H groups in total. The number of nitrogens with zero attached hydrogens (tertiary/aromatic N) is 1. The molecular weight excluding hydrogens is 376 g/mol. The van der Waals surface area contributed by atoms with E-state index in [9.17, 15) is 4.79 Å². The summed E-state index contributed by atoms with van der Waals surface area (Å²) < 4.78 is 11.8. The summed E-state index contributed by atoms with van der Waals surface area (Å²) in [5.74, 6) is 0.786. The van der Waals surface area contributed by atoms with Crippen LogP contribution in [0.25, 0.3) is 21.9 Å². The van der Waals surface area contributed by atoms with Gasteiger partial charge >= 0.3 is 0 Å². The van der Waals surface area contributed by atoms with Gasteiger partial charge in [-0.3, -0.25) is 9.78 Å². The lowest BCUT2D eigenvalue weighted by atomic mass is 10.1. The van der Waals surface area contributed by atoms with Crippen LogP contribution >= 0.6 is 0 Å². The molecule has 0 aliphatic rings. The van der Waals surface area contributed by atoms with E-state index in [1.807, 2.05) is 43.3 Å². The Balaban J connectivity index is 1.66. The summed E-state index contributed by atoms with van der Waals surface area (Å²) in [4.78, 5) is 17.5. The maximum atomic E-state index is 13.0. The van der Waals surface area contributed by atoms with Crippen molar-refractivity contribution in [3.63, 3.8) is 0 Å². The number of rotatable bonds is 7. The van der Waals surface area contributed by atoms with Gasteiger partial charge in [0.1, 0.15) is 16.8 Å². The molecule has 30 heavy (non-hydrogen) atoms. The number of amides is 1. The average Bonchev–Trinajstić information content (AvgIpc) is 3.11. The fraction of sp³-hybridized carbons (Fsp3) is 0.280. The summed E-state index contributed by atoms with van der Waals surface area (Å²) >= 11 is 0. The van der Waals surface area contributed by atoms with Gasteiger partial charge in [-0.15, -0.1) is 0 Å². The average molecular weight is 402 g/mol. The number of furan rings is 1. The van der Waals surface area contributed by atoms with Gasteiger partial charge in [0.05, 0.1) is 12.3 Å². The molecule has 154 valence electrons. The molecule has 0 aliphatic carbocycles. The zero-order valence-electron chi connectivity index (χ0n) is 17.6. The Morgan fingerprint density at radius 3 is 2.80 bits per heavy atom. The SMILES string of the molecule is CCCCOc1ccc(NC(=O)c2oc3ccc(CC)cc3c2C)c2cccnc12. The molecule has 0 bridgehead atoms. The minimum absolute atomic E-state index is 0.272. The van der Waals surface area contributed by atoms with Crippen LogP contribution in [0.1, 0.15) is 48.4 Å². The van der Waals surface area contributed by atoms with Crippen molar-refractivity contribution in [3.05, 3.63) is 65.5 Å². The molecule has 2 aromatic carbocycles. The zero-order valence-corrected chi connectivity index (χ0v) is 17.6. The number of pyridine rings is 1. The topological polar surface area (TPSA) is 64.4 Å². The predicted octanol–water partition coefficient (Wildman–Crippen LogP) is 6.28. The number of aryl methyl sites for hydroxylation is 2. The fourth-order valence-corrected chi connectivity index (χ4v) is 3.58. The number of anilines is 1. The van der Waals surface area contributed by atoms with E-state index in [-0.39, 0.29) is 5.91 Å². The first kappa shape index (κ1) is 20.0. The van der Waals surface area contributed by atoms with Crippen LogP contribution in [0.5, 0.6) is 5.75 Å². The van der Waals surface area contributed by atoms with Crippen LogP contribution in [0, 0.1) is 6.92 Å². The van der Waals surface area contributed by atoms with Crippen molar-refractivity contribution in [2.24, 2.45) is 0 Å². The van der Waals surface area contributed by atoms with Gasteiger partial charge < -0.3 is 14.5 Å². The van der Waals surface area contributed by atoms with E-state index in [1.165, 1.54) is 5.56 Å². The van der Waals surface area contributed by atoms with Gasteiger partial charge in [-0.25, -0.2) is 0 Å². The Bertz CT molecular complexity index is 1210. The standard InChI is InChI=1S/C25H26N2O3/c1-4-6-14-29-22-12-10-20(18-8-7-13-26-23(18)22)27-25(28)24-16(3)19-15-17(5-2)9-11-21(19)30-24/h7-13,15H,4-6,14H2,1-3H3,(H,27,28). The summed E-state index contributed by atoms with van der Waals surface area (Å²) in [5.41, 5.74) is 4.20. The van der Waals surface area contributed by atoms with Gasteiger partial charge in [0, 0.05) is 22.5 Å². The minimum atomic E-state index is -0.272. The van der Waals surface area contributed by atoms with Crippen LogP contribution < -0.4 is 10.1 Å². The normalized spacial score (nSPS) is 11.2. The van der Waals surface area contributed by atoms with Crippen LogP contribution in [0.4, 0.5) is 5.69 Å². The lowest BCUT2D eigenvalue weighted by Gasteiger charge is -2.12. The highest BCUT2D eigenvalue weighted by atomic mass is 16.5. The molecule has 4 aromatic rings. The van der Waals surface area contributed by atoms with Crippen molar-refractivity contribution < 1.29 is 13.9 Å². The van der Waals surface area contributed by atoms with E-state index in [2.05, 4.69) is 30.2 Å². The number of carbonyl (C=O) groups is 1. The van der Waals surface area contributed by atoms with Crippen LogP contribution in [0.2, 0.25) is 0 Å². The number of benzene rings is 2. The second-order valence-electron chi connectivity index (χ2n) is 7.41.